The zero-order valence-corrected chi connectivity index (χ0v) is 18.7. The van der Waals surface area contributed by atoms with Crippen LogP contribution in [0, 0.1) is 11.8 Å². The molecular weight excluding hydrogens is 418 g/mol. The van der Waals surface area contributed by atoms with Gasteiger partial charge in [-0.3, -0.25) is 9.59 Å². The highest BCUT2D eigenvalue weighted by molar-refractivity contribution is 7.15. The number of carboxylic acid groups (broad SMARTS) is 1. The molecule has 0 unspecified atom stereocenters. The smallest absolute Gasteiger partial charge is 0.342 e. The number of hydrogen-bond acceptors (Lipinski definition) is 6. The first-order valence-corrected chi connectivity index (χ1v) is 11.2. The molecule has 8 heteroatoms. The second-order valence-corrected chi connectivity index (χ2v) is 8.74. The van der Waals surface area contributed by atoms with E-state index in [4.69, 9.17) is 9.47 Å². The maximum atomic E-state index is 13.0. The van der Waals surface area contributed by atoms with Crippen LogP contribution in [-0.4, -0.2) is 36.2 Å². The summed E-state index contributed by atoms with van der Waals surface area (Å²) in [5.41, 5.74) is 1.71. The Morgan fingerprint density at radius 1 is 1.10 bits per heavy atom. The molecule has 31 heavy (non-hydrogen) atoms. The van der Waals surface area contributed by atoms with E-state index >= 15 is 0 Å². The van der Waals surface area contributed by atoms with Gasteiger partial charge in [0.15, 0.2) is 0 Å². The lowest BCUT2D eigenvalue weighted by Gasteiger charge is -2.27. The first-order valence-electron chi connectivity index (χ1n) is 10.3. The zero-order chi connectivity index (χ0) is 22.5. The van der Waals surface area contributed by atoms with Crippen molar-refractivity contribution in [2.24, 2.45) is 11.8 Å². The van der Waals surface area contributed by atoms with Gasteiger partial charge in [0, 0.05) is 10.9 Å². The molecule has 0 radical (unpaired) electrons. The Kier molecular flexibility index (Phi) is 7.33. The molecule has 1 heterocycles. The van der Waals surface area contributed by atoms with Crippen LogP contribution in [0.1, 0.15) is 49.9 Å². The minimum atomic E-state index is -0.954. The molecule has 1 fully saturated rings. The Hall–Kier alpha value is -2.87. The summed E-state index contributed by atoms with van der Waals surface area (Å²) in [6.07, 6.45) is 2.29. The number of methoxy groups -OCH3 is 1. The number of carboxylic acids is 1. The molecule has 166 valence electrons. The van der Waals surface area contributed by atoms with Crippen LogP contribution >= 0.6 is 11.3 Å². The maximum absolute atomic E-state index is 13.0. The molecule has 0 bridgehead atoms. The van der Waals surface area contributed by atoms with E-state index in [1.54, 1.807) is 38.5 Å². The van der Waals surface area contributed by atoms with Crippen LogP contribution in [0.25, 0.3) is 11.1 Å². The van der Waals surface area contributed by atoms with Gasteiger partial charge < -0.3 is 19.9 Å². The van der Waals surface area contributed by atoms with Crippen molar-refractivity contribution in [3.05, 3.63) is 35.2 Å². The molecule has 1 amide bonds. The van der Waals surface area contributed by atoms with Crippen molar-refractivity contribution in [2.75, 3.05) is 12.4 Å². The molecule has 0 saturated heterocycles. The number of hydrogen-bond donors (Lipinski definition) is 2. The number of carbonyl (C=O) groups excluding carboxylic acids is 2. The molecule has 3 rings (SSSR count). The first-order chi connectivity index (χ1) is 14.8. The van der Waals surface area contributed by atoms with Crippen molar-refractivity contribution in [3.63, 3.8) is 0 Å². The van der Waals surface area contributed by atoms with Crippen LogP contribution in [0.4, 0.5) is 5.00 Å². The SMILES string of the molecule is COc1ccc(-c2csc(NC(=O)[C@H]3CCCC[C@@H]3C(=O)O)c2C(=O)OC(C)C)cc1. The number of esters is 1. The lowest BCUT2D eigenvalue weighted by Crippen LogP contribution is -2.36. The molecule has 0 aliphatic heterocycles. The third-order valence-corrected chi connectivity index (χ3v) is 6.29. The van der Waals surface area contributed by atoms with E-state index in [0.29, 0.717) is 29.2 Å². The summed E-state index contributed by atoms with van der Waals surface area (Å²) < 4.78 is 10.6. The maximum Gasteiger partial charge on any atom is 0.342 e. The van der Waals surface area contributed by atoms with E-state index in [2.05, 4.69) is 5.32 Å². The molecule has 2 atom stereocenters. The standard InChI is InChI=1S/C23H27NO6S/c1-13(2)30-23(28)19-18(14-8-10-15(29-3)11-9-14)12-31-21(19)24-20(25)16-6-4-5-7-17(16)22(26)27/h8-13,16-17H,4-7H2,1-3H3,(H,24,25)(H,26,27)/t16-,17-/m0/s1. The van der Waals surface area contributed by atoms with E-state index in [1.165, 1.54) is 11.3 Å². The second kappa shape index (κ2) is 9.96. The molecule has 1 saturated carbocycles. The highest BCUT2D eigenvalue weighted by Gasteiger charge is 2.36. The molecule has 0 spiro atoms. The molecule has 2 aromatic rings. The summed E-state index contributed by atoms with van der Waals surface area (Å²) in [6.45, 7) is 3.52. The quantitative estimate of drug-likeness (QED) is 0.593. The Labute approximate surface area is 185 Å². The summed E-state index contributed by atoms with van der Waals surface area (Å²) >= 11 is 1.23. The lowest BCUT2D eigenvalue weighted by molar-refractivity contribution is -0.147. The summed E-state index contributed by atoms with van der Waals surface area (Å²) in [4.78, 5) is 37.5. The summed E-state index contributed by atoms with van der Waals surface area (Å²) in [5, 5.41) is 14.5. The van der Waals surface area contributed by atoms with Crippen LogP contribution in [-0.2, 0) is 14.3 Å². The van der Waals surface area contributed by atoms with Crippen LogP contribution < -0.4 is 10.1 Å². The van der Waals surface area contributed by atoms with Gasteiger partial charge in [-0.1, -0.05) is 25.0 Å². The van der Waals surface area contributed by atoms with Crippen molar-refractivity contribution in [2.45, 2.75) is 45.6 Å². The van der Waals surface area contributed by atoms with Crippen LogP contribution in [0.3, 0.4) is 0 Å². The average molecular weight is 446 g/mol. The van der Waals surface area contributed by atoms with E-state index in [-0.39, 0.29) is 17.6 Å². The fraction of sp³-hybridized carbons (Fsp3) is 0.435. The first kappa shape index (κ1) is 22.8. The Balaban J connectivity index is 1.93. The Bertz CT molecular complexity index is 949. The number of benzene rings is 1. The van der Waals surface area contributed by atoms with Gasteiger partial charge in [0.2, 0.25) is 5.91 Å². The fourth-order valence-corrected chi connectivity index (χ4v) is 4.81. The molecular formula is C23H27NO6S. The van der Waals surface area contributed by atoms with E-state index in [1.807, 2.05) is 12.1 Å². The van der Waals surface area contributed by atoms with Gasteiger partial charge >= 0.3 is 11.9 Å². The average Bonchev–Trinajstić information content (AvgIpc) is 3.16. The molecule has 1 aromatic heterocycles. The molecule has 1 aliphatic carbocycles. The normalized spacial score (nSPS) is 18.5. The lowest BCUT2D eigenvalue weighted by atomic mass is 9.79. The predicted octanol–water partition coefficient (Wildman–Crippen LogP) is 4.82. The van der Waals surface area contributed by atoms with E-state index in [0.717, 1.165) is 18.4 Å². The highest BCUT2D eigenvalue weighted by atomic mass is 32.1. The highest BCUT2D eigenvalue weighted by Crippen LogP contribution is 2.38. The third kappa shape index (κ3) is 5.25. The Morgan fingerprint density at radius 3 is 2.32 bits per heavy atom. The number of aliphatic carboxylic acids is 1. The minimum absolute atomic E-state index is 0.278. The molecule has 1 aliphatic rings. The summed E-state index contributed by atoms with van der Waals surface area (Å²) in [5.74, 6) is -2.49. The monoisotopic (exact) mass is 445 g/mol. The molecule has 1 aromatic carbocycles. The van der Waals surface area contributed by atoms with E-state index in [9.17, 15) is 19.5 Å². The number of carbonyl (C=O) groups is 3. The van der Waals surface area contributed by atoms with Crippen LogP contribution in [0.5, 0.6) is 5.75 Å². The molecule has 7 nitrogen and oxygen atoms in total. The second-order valence-electron chi connectivity index (χ2n) is 7.86. The molecule has 2 N–H and O–H groups in total. The van der Waals surface area contributed by atoms with Crippen molar-refractivity contribution >= 4 is 34.2 Å². The van der Waals surface area contributed by atoms with Gasteiger partial charge in [0.25, 0.3) is 0 Å². The van der Waals surface area contributed by atoms with Crippen LogP contribution in [0.15, 0.2) is 29.6 Å². The zero-order valence-electron chi connectivity index (χ0n) is 17.8. The van der Waals surface area contributed by atoms with Gasteiger partial charge in [-0.25, -0.2) is 4.79 Å². The van der Waals surface area contributed by atoms with Gasteiger partial charge in [0.05, 0.1) is 25.0 Å². The van der Waals surface area contributed by atoms with Gasteiger partial charge in [0.1, 0.15) is 16.3 Å². The van der Waals surface area contributed by atoms with Gasteiger partial charge in [-0.05, 0) is 44.4 Å². The third-order valence-electron chi connectivity index (χ3n) is 5.40. The number of thiophene rings is 1. The number of anilines is 1. The van der Waals surface area contributed by atoms with Crippen molar-refractivity contribution in [1.82, 2.24) is 0 Å². The number of ether oxygens (including phenoxy) is 2. The van der Waals surface area contributed by atoms with Gasteiger partial charge in [-0.2, -0.15) is 0 Å². The largest absolute Gasteiger partial charge is 0.497 e. The number of nitrogens with one attached hydrogen (secondary N) is 1. The Morgan fingerprint density at radius 2 is 1.74 bits per heavy atom. The predicted molar refractivity (Wildman–Crippen MR) is 119 cm³/mol. The minimum Gasteiger partial charge on any atom is -0.497 e. The van der Waals surface area contributed by atoms with Crippen molar-refractivity contribution in [3.8, 4) is 16.9 Å². The van der Waals surface area contributed by atoms with Crippen molar-refractivity contribution in [1.29, 1.82) is 0 Å². The van der Waals surface area contributed by atoms with E-state index < -0.39 is 23.8 Å². The van der Waals surface area contributed by atoms with Crippen LogP contribution in [0.2, 0.25) is 0 Å². The number of amides is 1. The summed E-state index contributed by atoms with van der Waals surface area (Å²) in [7, 11) is 1.58. The number of rotatable bonds is 7. The van der Waals surface area contributed by atoms with Gasteiger partial charge in [-0.15, -0.1) is 11.3 Å². The van der Waals surface area contributed by atoms with Crippen molar-refractivity contribution < 1.29 is 29.0 Å². The fourth-order valence-electron chi connectivity index (χ4n) is 3.85. The summed E-state index contributed by atoms with van der Waals surface area (Å²) in [6, 6.07) is 7.26. The topological polar surface area (TPSA) is 102 Å².